The van der Waals surface area contributed by atoms with Gasteiger partial charge in [0.1, 0.15) is 11.8 Å². The van der Waals surface area contributed by atoms with Gasteiger partial charge in [0.15, 0.2) is 12.4 Å². The number of benzene rings is 2. The van der Waals surface area contributed by atoms with E-state index >= 15 is 0 Å². The average Bonchev–Trinajstić information content (AvgIpc) is 3.09. The van der Waals surface area contributed by atoms with Crippen molar-refractivity contribution in [2.75, 3.05) is 13.2 Å². The molecule has 0 spiro atoms. The second-order valence-electron chi connectivity index (χ2n) is 6.14. The number of ether oxygens (including phenoxy) is 2. The lowest BCUT2D eigenvalue weighted by Gasteiger charge is -2.22. The third-order valence-electron chi connectivity index (χ3n) is 4.18. The molecule has 1 aliphatic heterocycles. The normalized spacial score (nSPS) is 18.8. The Morgan fingerprint density at radius 1 is 1.00 bits per heavy atom. The van der Waals surface area contributed by atoms with E-state index in [4.69, 9.17) is 9.47 Å². The Labute approximate surface area is 156 Å². The minimum absolute atomic E-state index is 0.0300. The van der Waals surface area contributed by atoms with Crippen molar-refractivity contribution < 1.29 is 29.0 Å². The van der Waals surface area contributed by atoms with Crippen LogP contribution in [-0.2, 0) is 9.53 Å². The number of para-hydroxylation sites is 1. The van der Waals surface area contributed by atoms with Gasteiger partial charge in [-0.1, -0.05) is 48.5 Å². The molecule has 0 aromatic heterocycles. The number of nitrogens with zero attached hydrogens (tertiary/aromatic N) is 1. The summed E-state index contributed by atoms with van der Waals surface area (Å²) in [5, 5.41) is 9.87. The summed E-state index contributed by atoms with van der Waals surface area (Å²) in [5.41, 5.74) is 0.428. The second kappa shape index (κ2) is 8.46. The van der Waals surface area contributed by atoms with Gasteiger partial charge in [-0.3, -0.25) is 9.69 Å². The van der Waals surface area contributed by atoms with Gasteiger partial charge in [0.05, 0.1) is 12.6 Å². The SMILES string of the molecule is O=C(COC(=O)C1CC(O)CN1C(=O)Oc1ccccc1)c1ccccc1. The summed E-state index contributed by atoms with van der Waals surface area (Å²) >= 11 is 0. The van der Waals surface area contributed by atoms with Crippen molar-refractivity contribution in [1.29, 1.82) is 0 Å². The van der Waals surface area contributed by atoms with Crippen molar-refractivity contribution in [2.24, 2.45) is 0 Å². The van der Waals surface area contributed by atoms with Gasteiger partial charge in [0.2, 0.25) is 0 Å². The molecular formula is C20H19NO6. The number of aliphatic hydroxyl groups is 1. The Bertz CT molecular complexity index is 808. The van der Waals surface area contributed by atoms with Crippen molar-refractivity contribution in [1.82, 2.24) is 4.90 Å². The molecule has 27 heavy (non-hydrogen) atoms. The van der Waals surface area contributed by atoms with Gasteiger partial charge in [0.25, 0.3) is 0 Å². The van der Waals surface area contributed by atoms with Crippen LogP contribution in [0.1, 0.15) is 16.8 Å². The molecule has 0 radical (unpaired) electrons. The van der Waals surface area contributed by atoms with Crippen LogP contribution in [0.25, 0.3) is 0 Å². The van der Waals surface area contributed by atoms with Gasteiger partial charge in [-0.25, -0.2) is 9.59 Å². The van der Waals surface area contributed by atoms with E-state index in [1.807, 2.05) is 0 Å². The van der Waals surface area contributed by atoms with E-state index in [0.717, 1.165) is 4.90 Å². The van der Waals surface area contributed by atoms with Crippen LogP contribution in [0, 0.1) is 0 Å². The number of carbonyl (C=O) groups is 3. The van der Waals surface area contributed by atoms with E-state index < -0.39 is 30.8 Å². The highest BCUT2D eigenvalue weighted by atomic mass is 16.6. The van der Waals surface area contributed by atoms with Gasteiger partial charge in [-0.2, -0.15) is 0 Å². The van der Waals surface area contributed by atoms with Gasteiger partial charge in [-0.15, -0.1) is 0 Å². The molecule has 140 valence electrons. The van der Waals surface area contributed by atoms with Gasteiger partial charge < -0.3 is 14.6 Å². The second-order valence-corrected chi connectivity index (χ2v) is 6.14. The maximum Gasteiger partial charge on any atom is 0.416 e. The third-order valence-corrected chi connectivity index (χ3v) is 4.18. The first-order chi connectivity index (χ1) is 13.0. The van der Waals surface area contributed by atoms with Crippen LogP contribution in [0.5, 0.6) is 5.75 Å². The summed E-state index contributed by atoms with van der Waals surface area (Å²) in [4.78, 5) is 37.9. The number of β-amino-alcohol motifs (C(OH)–C–C–N with tert-alkyl or cyclic N) is 1. The van der Waals surface area contributed by atoms with E-state index in [2.05, 4.69) is 0 Å². The summed E-state index contributed by atoms with van der Waals surface area (Å²) in [7, 11) is 0. The number of aliphatic hydroxyl groups excluding tert-OH is 1. The van der Waals surface area contributed by atoms with Gasteiger partial charge in [0, 0.05) is 12.0 Å². The largest absolute Gasteiger partial charge is 0.456 e. The number of rotatable bonds is 5. The third kappa shape index (κ3) is 4.71. The Morgan fingerprint density at radius 2 is 1.63 bits per heavy atom. The predicted octanol–water partition coefficient (Wildman–Crippen LogP) is 2.05. The molecule has 3 rings (SSSR count). The van der Waals surface area contributed by atoms with E-state index in [0.29, 0.717) is 11.3 Å². The van der Waals surface area contributed by atoms with E-state index in [1.165, 1.54) is 0 Å². The summed E-state index contributed by atoms with van der Waals surface area (Å²) in [6.07, 6.45) is -1.59. The first-order valence-corrected chi connectivity index (χ1v) is 8.51. The lowest BCUT2D eigenvalue weighted by molar-refractivity contribution is -0.147. The first kappa shape index (κ1) is 18.6. The molecule has 2 aromatic rings. The summed E-state index contributed by atoms with van der Waals surface area (Å²) in [5.74, 6) is -0.767. The highest BCUT2D eigenvalue weighted by Crippen LogP contribution is 2.21. The molecule has 2 atom stereocenters. The Morgan fingerprint density at radius 3 is 2.30 bits per heavy atom. The molecule has 1 aliphatic rings. The fourth-order valence-corrected chi connectivity index (χ4v) is 2.83. The van der Waals surface area contributed by atoms with Crippen molar-refractivity contribution in [3.63, 3.8) is 0 Å². The highest BCUT2D eigenvalue weighted by molar-refractivity contribution is 5.98. The van der Waals surface area contributed by atoms with E-state index in [9.17, 15) is 19.5 Å². The molecule has 2 unspecified atom stereocenters. The van der Waals surface area contributed by atoms with Crippen LogP contribution >= 0.6 is 0 Å². The standard InChI is InChI=1S/C20H19NO6/c22-15-11-17(19(24)26-13-18(23)14-7-3-1-4-8-14)21(12-15)20(25)27-16-9-5-2-6-10-16/h1-10,15,17,22H,11-13H2. The van der Waals surface area contributed by atoms with Gasteiger partial charge in [-0.05, 0) is 12.1 Å². The number of likely N-dealkylation sites (tertiary alicyclic amines) is 1. The zero-order valence-electron chi connectivity index (χ0n) is 14.5. The van der Waals surface area contributed by atoms with Crippen molar-refractivity contribution in [3.05, 3.63) is 66.2 Å². The molecule has 0 bridgehead atoms. The molecule has 7 heteroatoms. The first-order valence-electron chi connectivity index (χ1n) is 8.51. The highest BCUT2D eigenvalue weighted by Gasteiger charge is 2.41. The summed E-state index contributed by atoms with van der Waals surface area (Å²) in [6.45, 7) is -0.477. The van der Waals surface area contributed by atoms with Crippen LogP contribution in [0.4, 0.5) is 4.79 Å². The van der Waals surface area contributed by atoms with E-state index in [1.54, 1.807) is 60.7 Å². The van der Waals surface area contributed by atoms with Crippen molar-refractivity contribution >= 4 is 17.8 Å². The van der Waals surface area contributed by atoms with Crippen LogP contribution in [0.3, 0.4) is 0 Å². The van der Waals surface area contributed by atoms with E-state index in [-0.39, 0.29) is 18.7 Å². The number of ketones is 1. The Kier molecular flexibility index (Phi) is 5.83. The lowest BCUT2D eigenvalue weighted by atomic mass is 10.1. The Hall–Kier alpha value is -3.19. The average molecular weight is 369 g/mol. The molecule has 1 N–H and O–H groups in total. The maximum absolute atomic E-state index is 12.4. The predicted molar refractivity (Wildman–Crippen MR) is 95.3 cm³/mol. The molecule has 0 aliphatic carbocycles. The van der Waals surface area contributed by atoms with Crippen LogP contribution < -0.4 is 4.74 Å². The molecule has 2 aromatic carbocycles. The van der Waals surface area contributed by atoms with Crippen LogP contribution in [-0.4, -0.2) is 53.1 Å². The number of esters is 1. The molecule has 1 fully saturated rings. The van der Waals surface area contributed by atoms with Gasteiger partial charge >= 0.3 is 12.1 Å². The number of hydrogen-bond acceptors (Lipinski definition) is 6. The fraction of sp³-hybridized carbons (Fsp3) is 0.250. The smallest absolute Gasteiger partial charge is 0.416 e. The fourth-order valence-electron chi connectivity index (χ4n) is 2.83. The lowest BCUT2D eigenvalue weighted by Crippen LogP contribution is -2.43. The molecule has 1 heterocycles. The summed E-state index contributed by atoms with van der Waals surface area (Å²) in [6, 6.07) is 15.9. The van der Waals surface area contributed by atoms with Crippen molar-refractivity contribution in [3.8, 4) is 5.75 Å². The molecular weight excluding hydrogens is 350 g/mol. The molecule has 0 saturated carbocycles. The number of hydrogen-bond donors (Lipinski definition) is 1. The number of Topliss-reactive ketones (excluding diaryl/α,β-unsaturated/α-hetero) is 1. The molecule has 1 amide bonds. The number of carbonyl (C=O) groups excluding carboxylic acids is 3. The zero-order chi connectivity index (χ0) is 19.2. The minimum atomic E-state index is -1.00. The summed E-state index contributed by atoms with van der Waals surface area (Å²) < 4.78 is 10.3. The maximum atomic E-state index is 12.4. The monoisotopic (exact) mass is 369 g/mol. The quantitative estimate of drug-likeness (QED) is 0.640. The number of amides is 1. The van der Waals surface area contributed by atoms with Crippen LogP contribution in [0.15, 0.2) is 60.7 Å². The minimum Gasteiger partial charge on any atom is -0.456 e. The van der Waals surface area contributed by atoms with Crippen LogP contribution in [0.2, 0.25) is 0 Å². The molecule has 7 nitrogen and oxygen atoms in total. The zero-order valence-corrected chi connectivity index (χ0v) is 14.5. The molecule has 1 saturated heterocycles. The Balaban J connectivity index is 1.60. The van der Waals surface area contributed by atoms with Crippen molar-refractivity contribution in [2.45, 2.75) is 18.6 Å². The topological polar surface area (TPSA) is 93.1 Å².